The van der Waals surface area contributed by atoms with E-state index >= 15 is 0 Å². The monoisotopic (exact) mass is 338 g/mol. The predicted octanol–water partition coefficient (Wildman–Crippen LogP) is 4.26. The van der Waals surface area contributed by atoms with Gasteiger partial charge in [-0.2, -0.15) is 0 Å². The Morgan fingerprint density at radius 2 is 2.10 bits per heavy atom. The van der Waals surface area contributed by atoms with Gasteiger partial charge < -0.3 is 4.90 Å². The third kappa shape index (κ3) is 2.43. The Bertz CT molecular complexity index is 521. The summed E-state index contributed by atoms with van der Waals surface area (Å²) < 4.78 is 0. The first kappa shape index (κ1) is 13.9. The molecule has 1 aliphatic heterocycles. The third-order valence-corrected chi connectivity index (χ3v) is 5.36. The van der Waals surface area contributed by atoms with Gasteiger partial charge in [-0.05, 0) is 36.8 Å². The van der Waals surface area contributed by atoms with Crippen molar-refractivity contribution in [2.24, 2.45) is 5.92 Å². The van der Waals surface area contributed by atoms with E-state index < -0.39 is 0 Å². The number of nitrogens with zero attached hydrogens (tertiary/aromatic N) is 2. The average Bonchev–Trinajstić information content (AvgIpc) is 2.90. The van der Waals surface area contributed by atoms with E-state index in [2.05, 4.69) is 20.8 Å². The molecule has 0 aromatic heterocycles. The molecule has 0 bridgehead atoms. The number of halogens is 1. The van der Waals surface area contributed by atoms with Gasteiger partial charge in [-0.25, -0.2) is 0 Å². The van der Waals surface area contributed by atoms with Crippen LogP contribution in [-0.2, 0) is 5.33 Å². The molecule has 1 aromatic carbocycles. The first-order valence-corrected chi connectivity index (χ1v) is 8.43. The molecule has 108 valence electrons. The van der Waals surface area contributed by atoms with Crippen molar-refractivity contribution in [3.05, 3.63) is 33.9 Å². The van der Waals surface area contributed by atoms with Gasteiger partial charge in [0.2, 0.25) is 0 Å². The summed E-state index contributed by atoms with van der Waals surface area (Å²) in [6.45, 7) is 0.962. The van der Waals surface area contributed by atoms with Crippen LogP contribution >= 0.6 is 15.9 Å². The Morgan fingerprint density at radius 1 is 1.30 bits per heavy atom. The highest BCUT2D eigenvalue weighted by Crippen LogP contribution is 2.42. The molecule has 1 saturated carbocycles. The fourth-order valence-electron chi connectivity index (χ4n) is 3.75. The Labute approximate surface area is 127 Å². The van der Waals surface area contributed by atoms with Crippen LogP contribution in [0.15, 0.2) is 18.2 Å². The molecule has 0 spiro atoms. The van der Waals surface area contributed by atoms with Crippen LogP contribution in [0.25, 0.3) is 0 Å². The summed E-state index contributed by atoms with van der Waals surface area (Å²) in [4.78, 5) is 13.4. The Morgan fingerprint density at radius 3 is 2.85 bits per heavy atom. The van der Waals surface area contributed by atoms with Crippen LogP contribution in [-0.4, -0.2) is 17.5 Å². The molecule has 20 heavy (non-hydrogen) atoms. The number of nitro groups is 1. The summed E-state index contributed by atoms with van der Waals surface area (Å²) in [5.74, 6) is 0.735. The van der Waals surface area contributed by atoms with Gasteiger partial charge in [0.1, 0.15) is 5.69 Å². The van der Waals surface area contributed by atoms with Crippen molar-refractivity contribution >= 4 is 27.3 Å². The van der Waals surface area contributed by atoms with Crippen molar-refractivity contribution in [1.29, 1.82) is 0 Å². The number of alkyl halides is 1. The summed E-state index contributed by atoms with van der Waals surface area (Å²) in [7, 11) is 0. The summed E-state index contributed by atoms with van der Waals surface area (Å²) in [6.07, 6.45) is 6.23. The smallest absolute Gasteiger partial charge is 0.292 e. The molecule has 0 amide bonds. The van der Waals surface area contributed by atoms with Gasteiger partial charge in [0.15, 0.2) is 0 Å². The molecular formula is C15H19BrN2O2. The minimum Gasteiger partial charge on any atom is -0.363 e. The number of anilines is 1. The fraction of sp³-hybridized carbons (Fsp3) is 0.600. The first-order chi connectivity index (χ1) is 9.70. The average molecular weight is 339 g/mol. The number of hydrogen-bond donors (Lipinski definition) is 0. The molecule has 5 heteroatoms. The molecule has 2 aliphatic rings. The van der Waals surface area contributed by atoms with Gasteiger partial charge in [-0.3, -0.25) is 10.1 Å². The standard InChI is InChI=1S/C15H19BrN2O2/c16-10-11-5-6-14(15(9-11)18(19)20)17-8-7-12-3-1-2-4-13(12)17/h5-6,9,12-13H,1-4,7-8,10H2. The summed E-state index contributed by atoms with van der Waals surface area (Å²) >= 11 is 3.37. The van der Waals surface area contributed by atoms with Crippen LogP contribution in [0, 0.1) is 16.0 Å². The zero-order valence-electron chi connectivity index (χ0n) is 11.4. The second kappa shape index (κ2) is 5.72. The number of nitro benzene ring substituents is 1. The Hall–Kier alpha value is -1.10. The van der Waals surface area contributed by atoms with Gasteiger partial charge in [0, 0.05) is 24.0 Å². The molecule has 3 rings (SSSR count). The molecule has 1 saturated heterocycles. The van der Waals surface area contributed by atoms with Crippen molar-refractivity contribution < 1.29 is 4.92 Å². The molecule has 0 N–H and O–H groups in total. The molecule has 2 unspecified atom stereocenters. The maximum Gasteiger partial charge on any atom is 0.292 e. The van der Waals surface area contributed by atoms with E-state index in [0.717, 1.165) is 23.7 Å². The normalized spacial score (nSPS) is 25.6. The predicted molar refractivity (Wildman–Crippen MR) is 83.4 cm³/mol. The number of hydrogen-bond acceptors (Lipinski definition) is 3. The van der Waals surface area contributed by atoms with Crippen LogP contribution in [0.1, 0.15) is 37.7 Å². The lowest BCUT2D eigenvalue weighted by atomic mass is 9.85. The highest BCUT2D eigenvalue weighted by atomic mass is 79.9. The third-order valence-electron chi connectivity index (χ3n) is 4.71. The van der Waals surface area contributed by atoms with Gasteiger partial charge in [-0.1, -0.05) is 34.8 Å². The first-order valence-electron chi connectivity index (χ1n) is 7.30. The van der Waals surface area contributed by atoms with Crippen LogP contribution < -0.4 is 4.90 Å². The molecular weight excluding hydrogens is 320 g/mol. The van der Waals surface area contributed by atoms with E-state index in [1.165, 1.54) is 32.1 Å². The molecule has 2 fully saturated rings. The number of rotatable bonds is 3. The molecule has 1 aliphatic carbocycles. The van der Waals surface area contributed by atoms with Crippen molar-refractivity contribution in [3.8, 4) is 0 Å². The van der Waals surface area contributed by atoms with E-state index in [1.54, 1.807) is 6.07 Å². The zero-order chi connectivity index (χ0) is 14.1. The largest absolute Gasteiger partial charge is 0.363 e. The van der Waals surface area contributed by atoms with E-state index in [9.17, 15) is 10.1 Å². The molecule has 1 aromatic rings. The highest BCUT2D eigenvalue weighted by molar-refractivity contribution is 9.08. The van der Waals surface area contributed by atoms with Gasteiger partial charge in [0.25, 0.3) is 5.69 Å². The maximum atomic E-state index is 11.4. The maximum absolute atomic E-state index is 11.4. The number of fused-ring (bicyclic) bond motifs is 1. The van der Waals surface area contributed by atoms with Crippen molar-refractivity contribution in [3.63, 3.8) is 0 Å². The summed E-state index contributed by atoms with van der Waals surface area (Å²) in [6, 6.07) is 6.15. The molecule has 1 heterocycles. The number of benzene rings is 1. The lowest BCUT2D eigenvalue weighted by Crippen LogP contribution is -2.35. The van der Waals surface area contributed by atoms with Gasteiger partial charge in [0.05, 0.1) is 4.92 Å². The summed E-state index contributed by atoms with van der Waals surface area (Å²) in [5, 5.41) is 12.0. The van der Waals surface area contributed by atoms with Gasteiger partial charge >= 0.3 is 0 Å². The van der Waals surface area contributed by atoms with Crippen molar-refractivity contribution in [1.82, 2.24) is 0 Å². The quantitative estimate of drug-likeness (QED) is 0.470. The fourth-order valence-corrected chi connectivity index (χ4v) is 4.09. The van der Waals surface area contributed by atoms with Gasteiger partial charge in [-0.15, -0.1) is 0 Å². The van der Waals surface area contributed by atoms with E-state index in [0.29, 0.717) is 11.4 Å². The van der Waals surface area contributed by atoms with Crippen LogP contribution in [0.3, 0.4) is 0 Å². The Balaban J connectivity index is 1.95. The minimum atomic E-state index is -0.238. The van der Waals surface area contributed by atoms with Crippen LogP contribution in [0.2, 0.25) is 0 Å². The highest BCUT2D eigenvalue weighted by Gasteiger charge is 2.38. The van der Waals surface area contributed by atoms with E-state index in [4.69, 9.17) is 0 Å². The SMILES string of the molecule is O=[N+]([O-])c1cc(CBr)ccc1N1CCC2CCCCC21. The lowest BCUT2D eigenvalue weighted by molar-refractivity contribution is -0.384. The van der Waals surface area contributed by atoms with E-state index in [1.807, 2.05) is 12.1 Å². The van der Waals surface area contributed by atoms with Crippen molar-refractivity contribution in [2.45, 2.75) is 43.5 Å². The lowest BCUT2D eigenvalue weighted by Gasteiger charge is -2.32. The molecule has 4 nitrogen and oxygen atoms in total. The molecule has 2 atom stereocenters. The molecule has 0 radical (unpaired) electrons. The second-order valence-corrected chi connectivity index (χ2v) is 6.37. The van der Waals surface area contributed by atoms with E-state index in [-0.39, 0.29) is 10.6 Å². The van der Waals surface area contributed by atoms with Crippen molar-refractivity contribution in [2.75, 3.05) is 11.4 Å². The summed E-state index contributed by atoms with van der Waals surface area (Å²) in [5.41, 5.74) is 2.03. The topological polar surface area (TPSA) is 46.4 Å². The minimum absolute atomic E-state index is 0.238. The van der Waals surface area contributed by atoms with Crippen LogP contribution in [0.4, 0.5) is 11.4 Å². The van der Waals surface area contributed by atoms with Crippen LogP contribution in [0.5, 0.6) is 0 Å². The second-order valence-electron chi connectivity index (χ2n) is 5.81. The zero-order valence-corrected chi connectivity index (χ0v) is 13.0. The Kier molecular flexibility index (Phi) is 3.96.